The van der Waals surface area contributed by atoms with Gasteiger partial charge in [-0.25, -0.2) is 13.9 Å². The van der Waals surface area contributed by atoms with Crippen LogP contribution in [-0.2, 0) is 27.2 Å². The Morgan fingerprint density at radius 3 is 2.53 bits per heavy atom. The Kier molecular flexibility index (Phi) is 8.26. The number of nitrogens with two attached hydrogens (primary N) is 1. The first-order valence-electron chi connectivity index (χ1n) is 8.17. The summed E-state index contributed by atoms with van der Waals surface area (Å²) in [6, 6.07) is 1.18. The Morgan fingerprint density at radius 2 is 1.97 bits per heavy atom. The summed E-state index contributed by atoms with van der Waals surface area (Å²) in [5.41, 5.74) is 4.39. The van der Waals surface area contributed by atoms with Gasteiger partial charge in [0.15, 0.2) is 6.23 Å². The van der Waals surface area contributed by atoms with Crippen molar-refractivity contribution in [3.63, 3.8) is 0 Å². The first-order valence-corrected chi connectivity index (χ1v) is 11.2. The molecule has 0 saturated carbocycles. The van der Waals surface area contributed by atoms with E-state index in [4.69, 9.17) is 25.2 Å². The smallest absolute Gasteiger partial charge is 0.394 e. The van der Waals surface area contributed by atoms with Crippen molar-refractivity contribution in [3.05, 3.63) is 22.7 Å². The first kappa shape index (κ1) is 25.0. The molecule has 0 radical (unpaired) electrons. The predicted octanol–water partition coefficient (Wildman–Crippen LogP) is -2.95. The maximum atomic E-state index is 12.2. The molecule has 2 heterocycles. The van der Waals surface area contributed by atoms with Crippen molar-refractivity contribution in [1.29, 1.82) is 0 Å². The molecule has 2 unspecified atom stereocenters. The van der Waals surface area contributed by atoms with E-state index in [0.29, 0.717) is 0 Å². The molecule has 0 aromatic carbocycles. The van der Waals surface area contributed by atoms with Gasteiger partial charge in [0.25, 0.3) is 0 Å². The lowest BCUT2D eigenvalue weighted by Crippen LogP contribution is -2.37. The van der Waals surface area contributed by atoms with Crippen LogP contribution < -0.4 is 11.4 Å². The lowest BCUT2D eigenvalue weighted by Gasteiger charge is -2.24. The third-order valence-corrected chi connectivity index (χ3v) is 6.36. The second kappa shape index (κ2) is 9.91. The van der Waals surface area contributed by atoms with Gasteiger partial charge in [-0.15, -0.1) is 0 Å². The summed E-state index contributed by atoms with van der Waals surface area (Å²) >= 11 is 0. The van der Waals surface area contributed by atoms with Gasteiger partial charge in [0.2, 0.25) is 0 Å². The molecule has 1 saturated heterocycles. The molecule has 0 aliphatic carbocycles. The molecule has 1 aromatic rings. The van der Waals surface area contributed by atoms with Crippen molar-refractivity contribution in [3.8, 4) is 0 Å². The van der Waals surface area contributed by atoms with E-state index in [-0.39, 0.29) is 5.82 Å². The molecule has 0 spiro atoms. The lowest BCUT2D eigenvalue weighted by atomic mass is 10.1. The van der Waals surface area contributed by atoms with Gasteiger partial charge in [0.1, 0.15) is 30.2 Å². The monoisotopic (exact) mass is 477 g/mol. The fourth-order valence-electron chi connectivity index (χ4n) is 2.39. The minimum Gasteiger partial charge on any atom is -0.394 e. The number of aliphatic hydroxyl groups excluding tert-OH is 4. The van der Waals surface area contributed by atoms with E-state index in [2.05, 4.69) is 13.8 Å². The van der Waals surface area contributed by atoms with Crippen LogP contribution in [0.4, 0.5) is 5.82 Å². The van der Waals surface area contributed by atoms with Crippen LogP contribution >= 0.6 is 15.6 Å². The second-order valence-electron chi connectivity index (χ2n) is 6.00. The van der Waals surface area contributed by atoms with E-state index in [9.17, 15) is 33.9 Å². The van der Waals surface area contributed by atoms with E-state index in [1.165, 1.54) is 6.07 Å². The second-order valence-corrected chi connectivity index (χ2v) is 9.00. The molecule has 1 aromatic heterocycles. The highest BCUT2D eigenvalue weighted by Crippen LogP contribution is 2.62. The van der Waals surface area contributed by atoms with Crippen LogP contribution in [0.1, 0.15) is 6.23 Å². The summed E-state index contributed by atoms with van der Waals surface area (Å²) in [7, 11) is -10.7. The fraction of sp³-hybridized carbons (Fsp3) is 0.667. The summed E-state index contributed by atoms with van der Waals surface area (Å²) in [5, 5.41) is 37.2. The number of aromatic nitrogens is 2. The Bertz CT molecular complexity index is 881. The number of nitrogen functional groups attached to an aromatic ring is 1. The van der Waals surface area contributed by atoms with Gasteiger partial charge in [0, 0.05) is 6.20 Å². The van der Waals surface area contributed by atoms with Gasteiger partial charge < -0.3 is 40.7 Å². The van der Waals surface area contributed by atoms with Gasteiger partial charge in [-0.05, 0) is 6.07 Å². The van der Waals surface area contributed by atoms with Crippen molar-refractivity contribution < 1.29 is 57.4 Å². The Balaban J connectivity index is 2.22. The minimum absolute atomic E-state index is 0.148. The highest BCUT2D eigenvalue weighted by Gasteiger charge is 2.50. The summed E-state index contributed by atoms with van der Waals surface area (Å²) < 4.78 is 43.0. The first-order chi connectivity index (χ1) is 13.9. The average molecular weight is 477 g/mol. The molecule has 1 aliphatic rings. The summed E-state index contributed by atoms with van der Waals surface area (Å²) in [6.45, 7) is -2.51. The third-order valence-electron chi connectivity index (χ3n) is 3.72. The maximum absolute atomic E-state index is 12.2. The highest BCUT2D eigenvalue weighted by molar-refractivity contribution is 7.61. The molecule has 16 nitrogen and oxygen atoms in total. The van der Waals surface area contributed by atoms with Gasteiger partial charge >= 0.3 is 21.3 Å². The molecule has 0 amide bonds. The summed E-state index contributed by atoms with van der Waals surface area (Å²) in [6.07, 6.45) is -7.07. The molecule has 8 N–H and O–H groups in total. The van der Waals surface area contributed by atoms with E-state index in [1.807, 2.05) is 0 Å². The van der Waals surface area contributed by atoms with Gasteiger partial charge in [-0.3, -0.25) is 13.6 Å². The quantitative estimate of drug-likeness (QED) is 0.166. The number of aliphatic hydroxyl groups is 4. The van der Waals surface area contributed by atoms with Crippen molar-refractivity contribution in [2.75, 3.05) is 25.6 Å². The van der Waals surface area contributed by atoms with E-state index in [1.54, 1.807) is 0 Å². The highest BCUT2D eigenvalue weighted by atomic mass is 31.3. The number of ether oxygens (including phenoxy) is 1. The van der Waals surface area contributed by atoms with Crippen LogP contribution in [0.3, 0.4) is 0 Å². The molecule has 1 aliphatic heterocycles. The Hall–Kier alpha value is -1.26. The standard InChI is InChI=1S/C12H21N3O13P2/c13-8-1-2-15(12(20)14-8)11-10(9(19)7(4-17)26-11)27-30(23,24)28-29(21,22)25-5-6(18)3-16/h1-2,6-7,9-11,16-19H,3-5H2,(H,21,22)(H,23,24)(H2,13,14,20)/t6-,7+,9+,10+,11+/m0/s1. The van der Waals surface area contributed by atoms with Crippen molar-refractivity contribution >= 4 is 21.5 Å². The van der Waals surface area contributed by atoms with Crippen molar-refractivity contribution in [1.82, 2.24) is 9.55 Å². The summed E-state index contributed by atoms with van der Waals surface area (Å²) in [5.74, 6) is -0.148. The van der Waals surface area contributed by atoms with Crippen molar-refractivity contribution in [2.24, 2.45) is 0 Å². The van der Waals surface area contributed by atoms with Crippen LogP contribution in [0.15, 0.2) is 17.1 Å². The number of hydrogen-bond acceptors (Lipinski definition) is 13. The Morgan fingerprint density at radius 1 is 1.30 bits per heavy atom. The zero-order chi connectivity index (χ0) is 22.7. The number of nitrogens with zero attached hydrogens (tertiary/aromatic N) is 2. The maximum Gasteiger partial charge on any atom is 0.481 e. The predicted molar refractivity (Wildman–Crippen MR) is 94.6 cm³/mol. The van der Waals surface area contributed by atoms with Gasteiger partial charge in [0.05, 0.1) is 19.8 Å². The molecule has 172 valence electrons. The number of rotatable bonds is 10. The van der Waals surface area contributed by atoms with Crippen molar-refractivity contribution in [2.45, 2.75) is 30.6 Å². The molecular weight excluding hydrogens is 456 g/mol. The van der Waals surface area contributed by atoms with Crippen LogP contribution in [-0.4, -0.2) is 84.0 Å². The largest absolute Gasteiger partial charge is 0.481 e. The van der Waals surface area contributed by atoms with Gasteiger partial charge in [-0.1, -0.05) is 0 Å². The minimum atomic E-state index is -5.45. The molecule has 18 heteroatoms. The molecular formula is C12H21N3O13P2. The normalized spacial score (nSPS) is 29.3. The number of phosphoric acid groups is 2. The molecule has 30 heavy (non-hydrogen) atoms. The third kappa shape index (κ3) is 6.37. The fourth-order valence-corrected chi connectivity index (χ4v) is 4.67. The molecule has 1 fully saturated rings. The molecule has 7 atom stereocenters. The number of anilines is 1. The molecule has 0 bridgehead atoms. The van der Waals surface area contributed by atoms with Crippen LogP contribution in [0.2, 0.25) is 0 Å². The van der Waals surface area contributed by atoms with Crippen LogP contribution in [0.25, 0.3) is 0 Å². The molecule has 2 rings (SSSR count). The SMILES string of the molecule is Nc1ccn([C@@H]2O[C@H](CO)[C@@H](O)[C@H]2OP(=O)(O)OP(=O)(O)OC[C@@H](O)CO)c(=O)n1. The van der Waals surface area contributed by atoms with Crippen LogP contribution in [0, 0.1) is 0 Å². The van der Waals surface area contributed by atoms with E-state index < -0.39 is 71.8 Å². The van der Waals surface area contributed by atoms with E-state index >= 15 is 0 Å². The number of hydrogen-bond donors (Lipinski definition) is 7. The Labute approximate surface area is 168 Å². The van der Waals surface area contributed by atoms with E-state index in [0.717, 1.165) is 10.8 Å². The topological polar surface area (TPSA) is 253 Å². The summed E-state index contributed by atoms with van der Waals surface area (Å²) in [4.78, 5) is 34.8. The van der Waals surface area contributed by atoms with Crippen LogP contribution in [0.5, 0.6) is 0 Å². The van der Waals surface area contributed by atoms with Gasteiger partial charge in [-0.2, -0.15) is 9.29 Å². The average Bonchev–Trinajstić information content (AvgIpc) is 2.94. The number of phosphoric ester groups is 2. The lowest BCUT2D eigenvalue weighted by molar-refractivity contribution is -0.0543. The zero-order valence-electron chi connectivity index (χ0n) is 15.1. The zero-order valence-corrected chi connectivity index (χ0v) is 16.9.